The zero-order chi connectivity index (χ0) is 12.1. The number of rotatable bonds is 4. The van der Waals surface area contributed by atoms with Crippen LogP contribution in [0.15, 0.2) is 24.3 Å². The van der Waals surface area contributed by atoms with Crippen molar-refractivity contribution in [3.63, 3.8) is 0 Å². The standard InChI is InChI=1S/C12H17FN2O/c1-8(2)11(14)7-12(16)15-10-5-3-4-9(13)6-10/h3-6,8,11H,7,14H2,1-2H3,(H,15,16). The molecule has 1 amide bonds. The molecule has 4 heteroatoms. The van der Waals surface area contributed by atoms with Crippen LogP contribution >= 0.6 is 0 Å². The monoisotopic (exact) mass is 224 g/mol. The molecule has 0 saturated heterocycles. The molecule has 0 saturated carbocycles. The Bertz CT molecular complexity index is 366. The number of amides is 1. The minimum Gasteiger partial charge on any atom is -0.327 e. The molecular weight excluding hydrogens is 207 g/mol. The fraction of sp³-hybridized carbons (Fsp3) is 0.417. The zero-order valence-corrected chi connectivity index (χ0v) is 9.53. The van der Waals surface area contributed by atoms with Gasteiger partial charge in [0.25, 0.3) is 0 Å². The van der Waals surface area contributed by atoms with E-state index in [1.165, 1.54) is 12.1 Å². The summed E-state index contributed by atoms with van der Waals surface area (Å²) in [6.45, 7) is 3.92. The number of nitrogens with one attached hydrogen (secondary N) is 1. The summed E-state index contributed by atoms with van der Waals surface area (Å²) in [6.07, 6.45) is 0.244. The number of nitrogens with two attached hydrogens (primary N) is 1. The van der Waals surface area contributed by atoms with E-state index >= 15 is 0 Å². The molecule has 0 fully saturated rings. The van der Waals surface area contributed by atoms with Gasteiger partial charge in [-0.1, -0.05) is 19.9 Å². The summed E-state index contributed by atoms with van der Waals surface area (Å²) in [6, 6.07) is 5.62. The van der Waals surface area contributed by atoms with E-state index in [9.17, 15) is 9.18 Å². The highest BCUT2D eigenvalue weighted by molar-refractivity contribution is 5.91. The van der Waals surface area contributed by atoms with Gasteiger partial charge in [-0.05, 0) is 24.1 Å². The van der Waals surface area contributed by atoms with Crippen LogP contribution in [0.2, 0.25) is 0 Å². The fourth-order valence-corrected chi connectivity index (χ4v) is 1.23. The normalized spacial score (nSPS) is 12.6. The highest BCUT2D eigenvalue weighted by atomic mass is 19.1. The summed E-state index contributed by atoms with van der Waals surface area (Å²) < 4.78 is 12.8. The van der Waals surface area contributed by atoms with Crippen molar-refractivity contribution in [2.75, 3.05) is 5.32 Å². The molecule has 0 heterocycles. The Kier molecular flexibility index (Phi) is 4.43. The summed E-state index contributed by atoms with van der Waals surface area (Å²) in [4.78, 5) is 11.5. The molecule has 0 radical (unpaired) electrons. The number of hydrogen-bond acceptors (Lipinski definition) is 2. The lowest BCUT2D eigenvalue weighted by Crippen LogP contribution is -2.31. The first kappa shape index (κ1) is 12.6. The SMILES string of the molecule is CC(C)C(N)CC(=O)Nc1cccc(F)c1. The molecule has 1 aromatic rings. The van der Waals surface area contributed by atoms with Crippen LogP contribution in [0.5, 0.6) is 0 Å². The molecule has 88 valence electrons. The van der Waals surface area contributed by atoms with Crippen LogP contribution in [0.3, 0.4) is 0 Å². The van der Waals surface area contributed by atoms with E-state index in [1.54, 1.807) is 12.1 Å². The number of carbonyl (C=O) groups is 1. The predicted octanol–water partition coefficient (Wildman–Crippen LogP) is 2.14. The minimum atomic E-state index is -0.369. The third-order valence-corrected chi connectivity index (χ3v) is 2.39. The van der Waals surface area contributed by atoms with Crippen LogP contribution in [0, 0.1) is 11.7 Å². The van der Waals surface area contributed by atoms with Crippen LogP contribution in [0.25, 0.3) is 0 Å². The number of hydrogen-bond donors (Lipinski definition) is 2. The van der Waals surface area contributed by atoms with Crippen molar-refractivity contribution in [1.82, 2.24) is 0 Å². The van der Waals surface area contributed by atoms with Crippen LogP contribution in [0.4, 0.5) is 10.1 Å². The first-order valence-corrected chi connectivity index (χ1v) is 5.30. The molecule has 1 rings (SSSR count). The van der Waals surface area contributed by atoms with E-state index in [1.807, 2.05) is 13.8 Å². The first-order valence-electron chi connectivity index (χ1n) is 5.30. The maximum absolute atomic E-state index is 12.8. The van der Waals surface area contributed by atoms with Gasteiger partial charge in [-0.25, -0.2) is 4.39 Å². The molecule has 3 nitrogen and oxygen atoms in total. The van der Waals surface area contributed by atoms with Gasteiger partial charge in [-0.15, -0.1) is 0 Å². The average molecular weight is 224 g/mol. The Hall–Kier alpha value is -1.42. The van der Waals surface area contributed by atoms with E-state index in [4.69, 9.17) is 5.73 Å². The molecule has 0 aliphatic rings. The molecule has 1 atom stereocenters. The van der Waals surface area contributed by atoms with Crippen molar-refractivity contribution in [1.29, 1.82) is 0 Å². The molecule has 1 unspecified atom stereocenters. The number of carbonyl (C=O) groups excluding carboxylic acids is 1. The highest BCUT2D eigenvalue weighted by Gasteiger charge is 2.12. The molecule has 3 N–H and O–H groups in total. The smallest absolute Gasteiger partial charge is 0.225 e. The van der Waals surface area contributed by atoms with Gasteiger partial charge in [0.15, 0.2) is 0 Å². The maximum Gasteiger partial charge on any atom is 0.225 e. The second kappa shape index (κ2) is 5.61. The van der Waals surface area contributed by atoms with Crippen molar-refractivity contribution in [3.8, 4) is 0 Å². The summed E-state index contributed by atoms with van der Waals surface area (Å²) in [5, 5.41) is 2.61. The zero-order valence-electron chi connectivity index (χ0n) is 9.53. The lowest BCUT2D eigenvalue weighted by Gasteiger charge is -2.14. The summed E-state index contributed by atoms with van der Waals surface area (Å²) in [5.41, 5.74) is 6.23. The van der Waals surface area contributed by atoms with Crippen LogP contribution in [-0.2, 0) is 4.79 Å². The first-order chi connectivity index (χ1) is 7.49. The molecule has 16 heavy (non-hydrogen) atoms. The molecule has 0 aliphatic heterocycles. The molecule has 0 bridgehead atoms. The van der Waals surface area contributed by atoms with Crippen molar-refractivity contribution in [2.24, 2.45) is 11.7 Å². The van der Waals surface area contributed by atoms with Gasteiger partial charge in [0.1, 0.15) is 5.82 Å². The topological polar surface area (TPSA) is 55.1 Å². The quantitative estimate of drug-likeness (QED) is 0.823. The van der Waals surface area contributed by atoms with Gasteiger partial charge < -0.3 is 11.1 Å². The fourth-order valence-electron chi connectivity index (χ4n) is 1.23. The van der Waals surface area contributed by atoms with Gasteiger partial charge in [-0.2, -0.15) is 0 Å². The van der Waals surface area contributed by atoms with Crippen molar-refractivity contribution >= 4 is 11.6 Å². The third kappa shape index (κ3) is 3.98. The maximum atomic E-state index is 12.8. The van der Waals surface area contributed by atoms with Gasteiger partial charge in [0.05, 0.1) is 0 Å². The summed E-state index contributed by atoms with van der Waals surface area (Å²) in [5.74, 6) is -0.309. The number of halogens is 1. The second-order valence-electron chi connectivity index (χ2n) is 4.17. The minimum absolute atomic E-state index is 0.173. The Morgan fingerprint density at radius 3 is 2.75 bits per heavy atom. The lowest BCUT2D eigenvalue weighted by atomic mass is 10.0. The van der Waals surface area contributed by atoms with Crippen molar-refractivity contribution in [2.45, 2.75) is 26.3 Å². The Morgan fingerprint density at radius 2 is 2.19 bits per heavy atom. The van der Waals surface area contributed by atoms with Gasteiger partial charge in [0, 0.05) is 18.2 Å². The molecule has 0 aromatic heterocycles. The summed E-state index contributed by atoms with van der Waals surface area (Å²) in [7, 11) is 0. The Labute approximate surface area is 94.8 Å². The number of benzene rings is 1. The Balaban J connectivity index is 2.52. The van der Waals surface area contributed by atoms with Crippen molar-refractivity contribution < 1.29 is 9.18 Å². The predicted molar refractivity (Wildman–Crippen MR) is 62.5 cm³/mol. The van der Waals surface area contributed by atoms with E-state index in [2.05, 4.69) is 5.32 Å². The molecule has 1 aromatic carbocycles. The van der Waals surface area contributed by atoms with E-state index in [0.29, 0.717) is 5.69 Å². The molecule has 0 aliphatic carbocycles. The largest absolute Gasteiger partial charge is 0.327 e. The Morgan fingerprint density at radius 1 is 1.50 bits per heavy atom. The summed E-state index contributed by atoms with van der Waals surface area (Å²) >= 11 is 0. The lowest BCUT2D eigenvalue weighted by molar-refractivity contribution is -0.116. The van der Waals surface area contributed by atoms with E-state index in [0.717, 1.165) is 0 Å². The van der Waals surface area contributed by atoms with Crippen LogP contribution < -0.4 is 11.1 Å². The number of anilines is 1. The van der Waals surface area contributed by atoms with Gasteiger partial charge >= 0.3 is 0 Å². The van der Waals surface area contributed by atoms with Crippen LogP contribution in [-0.4, -0.2) is 11.9 Å². The van der Waals surface area contributed by atoms with Crippen molar-refractivity contribution in [3.05, 3.63) is 30.1 Å². The third-order valence-electron chi connectivity index (χ3n) is 2.39. The molecule has 0 spiro atoms. The van der Waals surface area contributed by atoms with E-state index in [-0.39, 0.29) is 30.1 Å². The highest BCUT2D eigenvalue weighted by Crippen LogP contribution is 2.10. The van der Waals surface area contributed by atoms with Gasteiger partial charge in [-0.3, -0.25) is 4.79 Å². The second-order valence-corrected chi connectivity index (χ2v) is 4.17. The van der Waals surface area contributed by atoms with E-state index < -0.39 is 0 Å². The van der Waals surface area contributed by atoms with Crippen LogP contribution in [0.1, 0.15) is 20.3 Å². The van der Waals surface area contributed by atoms with Gasteiger partial charge in [0.2, 0.25) is 5.91 Å². The molecular formula is C12H17FN2O. The average Bonchev–Trinajstić information content (AvgIpc) is 2.16.